The van der Waals surface area contributed by atoms with Gasteiger partial charge in [-0.05, 0) is 54.8 Å². The highest BCUT2D eigenvalue weighted by atomic mass is 32.2. The van der Waals surface area contributed by atoms with Gasteiger partial charge in [-0.1, -0.05) is 13.3 Å². The molecule has 44 heavy (non-hydrogen) atoms. The second kappa shape index (κ2) is 13.9. The number of alkyl halides is 3. The molecular weight excluding hydrogens is 611 g/mol. The van der Waals surface area contributed by atoms with Gasteiger partial charge < -0.3 is 20.6 Å². The van der Waals surface area contributed by atoms with Crippen LogP contribution >= 0.6 is 0 Å². The first-order chi connectivity index (χ1) is 20.7. The minimum atomic E-state index is -4.64. The summed E-state index contributed by atoms with van der Waals surface area (Å²) in [7, 11) is -4.26. The molecule has 0 bridgehead atoms. The van der Waals surface area contributed by atoms with Crippen LogP contribution in [0.15, 0.2) is 47.4 Å². The van der Waals surface area contributed by atoms with Gasteiger partial charge in [0.25, 0.3) is 0 Å². The lowest BCUT2D eigenvalue weighted by atomic mass is 9.94. The maximum atomic E-state index is 14.0. The first-order valence-corrected chi connectivity index (χ1v) is 15.7. The average Bonchev–Trinajstić information content (AvgIpc) is 3.34. The average molecular weight is 647 g/mol. The van der Waals surface area contributed by atoms with Crippen molar-refractivity contribution in [2.45, 2.75) is 61.9 Å². The normalized spacial score (nSPS) is 21.3. The number of likely N-dealkylation sites (tertiary alicyclic amines) is 1. The quantitative estimate of drug-likeness (QED) is 0.323. The summed E-state index contributed by atoms with van der Waals surface area (Å²) in [5.74, 6) is -3.16. The second-order valence-electron chi connectivity index (χ2n) is 11.1. The number of carbonyl (C=O) groups excluding carboxylic acids is 2. The fourth-order valence-corrected chi connectivity index (χ4v) is 6.96. The van der Waals surface area contributed by atoms with Crippen molar-refractivity contribution in [1.29, 1.82) is 0 Å². The van der Waals surface area contributed by atoms with E-state index in [-0.39, 0.29) is 55.4 Å². The molecule has 2 unspecified atom stereocenters. The highest BCUT2D eigenvalue weighted by molar-refractivity contribution is 7.89. The topological polar surface area (TPSA) is 119 Å². The molecule has 0 aromatic heterocycles. The maximum absolute atomic E-state index is 14.0. The first-order valence-electron chi connectivity index (χ1n) is 14.3. The molecule has 0 spiro atoms. The third kappa shape index (κ3) is 8.11. The molecule has 2 aliphatic heterocycles. The van der Waals surface area contributed by atoms with E-state index in [9.17, 15) is 45.1 Å². The molecule has 4 rings (SSSR count). The molecule has 242 valence electrons. The minimum absolute atomic E-state index is 0.0339. The van der Waals surface area contributed by atoms with Crippen LogP contribution in [0.2, 0.25) is 0 Å². The largest absolute Gasteiger partial charge is 0.416 e. The third-order valence-electron chi connectivity index (χ3n) is 7.88. The lowest BCUT2D eigenvalue weighted by Gasteiger charge is -2.38. The Balaban J connectivity index is 1.53. The Morgan fingerprint density at radius 3 is 2.39 bits per heavy atom. The number of piperazine rings is 1. The summed E-state index contributed by atoms with van der Waals surface area (Å²) >= 11 is 0. The summed E-state index contributed by atoms with van der Waals surface area (Å²) in [4.78, 5) is 26.9. The van der Waals surface area contributed by atoms with Gasteiger partial charge in [0.15, 0.2) is 0 Å². The highest BCUT2D eigenvalue weighted by Gasteiger charge is 2.40. The zero-order chi connectivity index (χ0) is 32.2. The summed E-state index contributed by atoms with van der Waals surface area (Å²) in [6.07, 6.45) is -4.73. The number of benzene rings is 2. The number of rotatable bonds is 11. The molecule has 2 aromatic carbocycles. The Hall–Kier alpha value is -3.14. The molecule has 2 fully saturated rings. The van der Waals surface area contributed by atoms with E-state index in [0.29, 0.717) is 24.7 Å². The Kier molecular flexibility index (Phi) is 10.6. The van der Waals surface area contributed by atoms with Crippen LogP contribution in [0.3, 0.4) is 0 Å². The Labute approximate surface area is 252 Å². The van der Waals surface area contributed by atoms with Gasteiger partial charge in [0, 0.05) is 51.3 Å². The van der Waals surface area contributed by atoms with E-state index in [2.05, 4.69) is 10.6 Å². The van der Waals surface area contributed by atoms with Gasteiger partial charge in [0.05, 0.1) is 28.5 Å². The van der Waals surface area contributed by atoms with Gasteiger partial charge in [-0.3, -0.25) is 9.59 Å². The number of amides is 2. The van der Waals surface area contributed by atoms with E-state index in [1.54, 1.807) is 4.90 Å². The molecular formula is C29H35F5N4O5S. The summed E-state index contributed by atoms with van der Waals surface area (Å²) < 4.78 is 94.5. The summed E-state index contributed by atoms with van der Waals surface area (Å²) in [6.45, 7) is 2.38. The van der Waals surface area contributed by atoms with Crippen LogP contribution in [0.25, 0.3) is 0 Å². The van der Waals surface area contributed by atoms with E-state index in [1.807, 2.05) is 6.92 Å². The molecule has 2 aromatic rings. The number of nitrogens with one attached hydrogen (secondary N) is 2. The number of carbonyl (C=O) groups is 2. The number of aliphatic hydroxyl groups is 1. The molecule has 0 saturated carbocycles. The molecule has 9 nitrogen and oxygen atoms in total. The minimum Gasteiger partial charge on any atom is -0.389 e. The Morgan fingerprint density at radius 2 is 1.77 bits per heavy atom. The van der Waals surface area contributed by atoms with Gasteiger partial charge in [-0.25, -0.2) is 17.2 Å². The number of sulfonamides is 1. The van der Waals surface area contributed by atoms with Crippen LogP contribution in [-0.4, -0.2) is 85.5 Å². The monoisotopic (exact) mass is 646 g/mol. The number of halogens is 5. The summed E-state index contributed by atoms with van der Waals surface area (Å²) in [5.41, 5.74) is -0.876. The van der Waals surface area contributed by atoms with Crippen LogP contribution in [0, 0.1) is 17.6 Å². The van der Waals surface area contributed by atoms with Crippen molar-refractivity contribution in [2.75, 3.05) is 32.7 Å². The standard InChI is InChI=1S/C29H35F5N4O5S/c1-2-3-9-37-16-19(14-26(37)39)28(41)36-24(13-18-11-21(30)15-22(31)12-18)27(40)25-17-38(10-8-35-25)44(42,43)23-6-4-20(5-7-23)29(32,33)34/h4-7,11-12,15,19,24-25,27,35,40H,2-3,8-10,13-14,16-17H2,1H3,(H,36,41)/t19?,24?,25-,27+/m1/s1. The van der Waals surface area contributed by atoms with Gasteiger partial charge in [0.1, 0.15) is 11.6 Å². The van der Waals surface area contributed by atoms with Crippen molar-refractivity contribution < 1.29 is 45.1 Å². The number of unbranched alkanes of at least 4 members (excludes halogenated alkanes) is 1. The van der Waals surface area contributed by atoms with E-state index >= 15 is 0 Å². The fourth-order valence-electron chi connectivity index (χ4n) is 5.50. The van der Waals surface area contributed by atoms with Crippen molar-refractivity contribution in [2.24, 2.45) is 5.92 Å². The SMILES string of the molecule is CCCCN1CC(C(=O)NC(Cc2cc(F)cc(F)c2)[C@H](O)[C@H]2CN(S(=O)(=O)c3ccc(C(F)(F)F)cc3)CCN2)CC1=O. The maximum Gasteiger partial charge on any atom is 0.416 e. The first kappa shape index (κ1) is 33.7. The van der Waals surface area contributed by atoms with Gasteiger partial charge in [-0.15, -0.1) is 0 Å². The molecule has 0 radical (unpaired) electrons. The lowest BCUT2D eigenvalue weighted by molar-refractivity contribution is -0.137. The summed E-state index contributed by atoms with van der Waals surface area (Å²) in [5, 5.41) is 17.2. The van der Waals surface area contributed by atoms with Crippen LogP contribution in [0.1, 0.15) is 37.3 Å². The zero-order valence-electron chi connectivity index (χ0n) is 24.0. The number of nitrogens with zero attached hydrogens (tertiary/aromatic N) is 2. The molecule has 4 atom stereocenters. The van der Waals surface area contributed by atoms with Crippen molar-refractivity contribution in [3.05, 3.63) is 65.2 Å². The smallest absolute Gasteiger partial charge is 0.389 e. The van der Waals surface area contributed by atoms with E-state index < -0.39 is 63.4 Å². The Morgan fingerprint density at radius 1 is 1.11 bits per heavy atom. The molecule has 2 amide bonds. The van der Waals surface area contributed by atoms with Crippen LogP contribution in [0.4, 0.5) is 22.0 Å². The number of hydrogen-bond acceptors (Lipinski definition) is 6. The van der Waals surface area contributed by atoms with Gasteiger partial charge in [0.2, 0.25) is 21.8 Å². The molecule has 15 heteroatoms. The molecule has 2 saturated heterocycles. The van der Waals surface area contributed by atoms with Crippen molar-refractivity contribution in [1.82, 2.24) is 19.8 Å². The molecule has 2 aliphatic rings. The predicted molar refractivity (Wildman–Crippen MR) is 150 cm³/mol. The van der Waals surface area contributed by atoms with E-state index in [0.717, 1.165) is 41.4 Å². The van der Waals surface area contributed by atoms with Crippen molar-refractivity contribution >= 4 is 21.8 Å². The number of aliphatic hydroxyl groups excluding tert-OH is 1. The lowest BCUT2D eigenvalue weighted by Crippen LogP contribution is -2.62. The van der Waals surface area contributed by atoms with Gasteiger partial charge >= 0.3 is 6.18 Å². The third-order valence-corrected chi connectivity index (χ3v) is 9.76. The second-order valence-corrected chi connectivity index (χ2v) is 13.1. The number of hydrogen-bond donors (Lipinski definition) is 3. The van der Waals surface area contributed by atoms with Crippen molar-refractivity contribution in [3.8, 4) is 0 Å². The van der Waals surface area contributed by atoms with Crippen LogP contribution in [0.5, 0.6) is 0 Å². The molecule has 3 N–H and O–H groups in total. The molecule has 2 heterocycles. The van der Waals surface area contributed by atoms with E-state index in [1.165, 1.54) is 0 Å². The van der Waals surface area contributed by atoms with Crippen LogP contribution < -0.4 is 10.6 Å². The van der Waals surface area contributed by atoms with Crippen molar-refractivity contribution in [3.63, 3.8) is 0 Å². The Bertz CT molecular complexity index is 1420. The molecule has 0 aliphatic carbocycles. The van der Waals surface area contributed by atoms with E-state index in [4.69, 9.17) is 0 Å². The van der Waals surface area contributed by atoms with Gasteiger partial charge in [-0.2, -0.15) is 17.5 Å². The predicted octanol–water partition coefficient (Wildman–Crippen LogP) is 2.68. The summed E-state index contributed by atoms with van der Waals surface area (Å²) in [6, 6.07) is 3.73. The fraction of sp³-hybridized carbons (Fsp3) is 0.517. The van der Waals surface area contributed by atoms with Crippen LogP contribution in [-0.2, 0) is 32.2 Å². The zero-order valence-corrected chi connectivity index (χ0v) is 24.8. The highest BCUT2D eigenvalue weighted by Crippen LogP contribution is 2.30.